The van der Waals surface area contributed by atoms with Crippen molar-refractivity contribution in [3.8, 4) is 0 Å². The summed E-state index contributed by atoms with van der Waals surface area (Å²) in [5, 5.41) is 14.2. The van der Waals surface area contributed by atoms with Crippen molar-refractivity contribution in [2.75, 3.05) is 33.4 Å². The Labute approximate surface area is 209 Å². The van der Waals surface area contributed by atoms with E-state index in [9.17, 15) is 31.1 Å². The van der Waals surface area contributed by atoms with Crippen molar-refractivity contribution in [3.05, 3.63) is 30.1 Å². The van der Waals surface area contributed by atoms with Crippen molar-refractivity contribution in [2.45, 2.75) is 56.5 Å². The first-order valence-corrected chi connectivity index (χ1v) is 11.1. The average Bonchev–Trinajstić information content (AvgIpc) is 2.97. The Bertz CT molecular complexity index is 860. The molecule has 1 aromatic heterocycles. The molecule has 2 aliphatic rings. The zero-order valence-corrected chi connectivity index (χ0v) is 20.0. The van der Waals surface area contributed by atoms with Crippen LogP contribution in [0.3, 0.4) is 0 Å². The summed E-state index contributed by atoms with van der Waals surface area (Å²) in [5.41, 5.74) is 1.33. The quantitative estimate of drug-likeness (QED) is 0.541. The van der Waals surface area contributed by atoms with E-state index in [4.69, 9.17) is 24.5 Å². The van der Waals surface area contributed by atoms with Gasteiger partial charge in [0.1, 0.15) is 0 Å². The number of hydrogen-bond donors (Lipinski definition) is 2. The fourth-order valence-electron chi connectivity index (χ4n) is 4.08. The van der Waals surface area contributed by atoms with Gasteiger partial charge in [-0.25, -0.2) is 9.59 Å². The van der Waals surface area contributed by atoms with Gasteiger partial charge in [-0.2, -0.15) is 26.3 Å². The number of hydrogen-bond acceptors (Lipinski definition) is 6. The second-order valence-electron chi connectivity index (χ2n) is 8.36. The highest BCUT2D eigenvalue weighted by molar-refractivity contribution is 5.79. The molecule has 0 aromatic carbocycles. The maximum absolute atomic E-state index is 12.3. The van der Waals surface area contributed by atoms with Crippen molar-refractivity contribution >= 4 is 17.8 Å². The molecule has 3 rings (SSSR count). The minimum absolute atomic E-state index is 0.0688. The SMILES string of the molecule is COCCN1C(=O)CCC12CCCN(Cc1cccnc1)CC2.O=C(O)C(F)(F)F.O=C(O)C(F)(F)F. The van der Waals surface area contributed by atoms with E-state index < -0.39 is 24.3 Å². The van der Waals surface area contributed by atoms with E-state index in [1.54, 1.807) is 7.11 Å². The Morgan fingerprint density at radius 3 is 2.14 bits per heavy atom. The van der Waals surface area contributed by atoms with E-state index in [2.05, 4.69) is 20.9 Å². The first kappa shape index (κ1) is 32.1. The van der Waals surface area contributed by atoms with E-state index in [1.165, 1.54) is 5.56 Å². The second kappa shape index (κ2) is 14.1. The molecule has 9 nitrogen and oxygen atoms in total. The van der Waals surface area contributed by atoms with Gasteiger partial charge in [0, 0.05) is 51.1 Å². The van der Waals surface area contributed by atoms with E-state index in [-0.39, 0.29) is 5.54 Å². The summed E-state index contributed by atoms with van der Waals surface area (Å²) in [4.78, 5) is 38.9. The number of pyridine rings is 1. The Hall–Kier alpha value is -2.94. The van der Waals surface area contributed by atoms with Gasteiger partial charge in [0.05, 0.1) is 6.61 Å². The van der Waals surface area contributed by atoms with Crippen LogP contribution in [0, 0.1) is 0 Å². The van der Waals surface area contributed by atoms with E-state index in [0.717, 1.165) is 51.9 Å². The van der Waals surface area contributed by atoms with Gasteiger partial charge >= 0.3 is 24.3 Å². The average molecular weight is 545 g/mol. The predicted molar refractivity (Wildman–Crippen MR) is 116 cm³/mol. The third-order valence-electron chi connectivity index (χ3n) is 5.82. The number of likely N-dealkylation sites (tertiary alicyclic amines) is 2. The highest BCUT2D eigenvalue weighted by Crippen LogP contribution is 2.39. The van der Waals surface area contributed by atoms with Gasteiger partial charge in [0.25, 0.3) is 0 Å². The lowest BCUT2D eigenvalue weighted by Gasteiger charge is -2.38. The summed E-state index contributed by atoms with van der Waals surface area (Å²) in [6, 6.07) is 4.13. The monoisotopic (exact) mass is 545 g/mol. The highest BCUT2D eigenvalue weighted by Gasteiger charge is 2.45. The molecule has 210 valence electrons. The number of rotatable bonds is 5. The summed E-state index contributed by atoms with van der Waals surface area (Å²) in [6.45, 7) is 4.47. The molecule has 15 heteroatoms. The van der Waals surface area contributed by atoms with E-state index >= 15 is 0 Å². The summed E-state index contributed by atoms with van der Waals surface area (Å²) in [7, 11) is 1.70. The Balaban J connectivity index is 0.000000404. The minimum atomic E-state index is -5.08. The molecule has 2 N–H and O–H groups in total. The molecule has 1 spiro atoms. The van der Waals surface area contributed by atoms with Gasteiger partial charge in [-0.1, -0.05) is 6.07 Å². The minimum Gasteiger partial charge on any atom is -0.475 e. The van der Waals surface area contributed by atoms with Crippen molar-refractivity contribution < 1.29 is 55.7 Å². The molecule has 2 saturated heterocycles. The molecule has 2 aliphatic heterocycles. The normalized spacial score (nSPS) is 20.4. The summed E-state index contributed by atoms with van der Waals surface area (Å²) in [6.07, 6.45) is -1.35. The summed E-state index contributed by atoms with van der Waals surface area (Å²) >= 11 is 0. The number of aliphatic carboxylic acids is 2. The molecule has 1 atom stereocenters. The fourth-order valence-corrected chi connectivity index (χ4v) is 4.08. The Kier molecular flexibility index (Phi) is 12.2. The topological polar surface area (TPSA) is 120 Å². The lowest BCUT2D eigenvalue weighted by atomic mass is 9.88. The first-order valence-electron chi connectivity index (χ1n) is 11.1. The van der Waals surface area contributed by atoms with Gasteiger partial charge in [0.15, 0.2) is 0 Å². The van der Waals surface area contributed by atoms with Crippen LogP contribution in [0.25, 0.3) is 0 Å². The lowest BCUT2D eigenvalue weighted by molar-refractivity contribution is -0.193. The van der Waals surface area contributed by atoms with Gasteiger partial charge in [0.2, 0.25) is 5.91 Å². The summed E-state index contributed by atoms with van der Waals surface area (Å²) in [5.74, 6) is -5.21. The third kappa shape index (κ3) is 10.9. The Morgan fingerprint density at radius 2 is 1.65 bits per heavy atom. The number of alkyl halides is 6. The number of nitrogens with zero attached hydrogens (tertiary/aromatic N) is 3. The van der Waals surface area contributed by atoms with Crippen LogP contribution >= 0.6 is 0 Å². The molecular weight excluding hydrogens is 516 g/mol. The molecule has 37 heavy (non-hydrogen) atoms. The lowest BCUT2D eigenvalue weighted by Crippen LogP contribution is -2.47. The molecule has 3 heterocycles. The van der Waals surface area contributed by atoms with E-state index in [1.807, 2.05) is 18.5 Å². The number of methoxy groups -OCH3 is 1. The van der Waals surface area contributed by atoms with Crippen molar-refractivity contribution in [1.29, 1.82) is 0 Å². The smallest absolute Gasteiger partial charge is 0.475 e. The van der Waals surface area contributed by atoms with Gasteiger partial charge < -0.3 is 19.8 Å². The maximum Gasteiger partial charge on any atom is 0.490 e. The maximum atomic E-state index is 12.3. The standard InChI is InChI=1S/C18H27N3O2.2C2HF3O2/c1-23-13-12-21-17(22)5-7-18(21)6-3-10-20(11-8-18)15-16-4-2-9-19-14-16;2*3-2(4,5)1(6)7/h2,4,9,14H,3,5-8,10-13,15H2,1H3;2*(H,6,7). The zero-order chi connectivity index (χ0) is 28.3. The molecule has 0 bridgehead atoms. The largest absolute Gasteiger partial charge is 0.490 e. The number of carbonyl (C=O) groups is 3. The molecule has 1 aromatic rings. The molecular formula is C22H29F6N3O6. The van der Waals surface area contributed by atoms with Crippen LogP contribution in [0.2, 0.25) is 0 Å². The van der Waals surface area contributed by atoms with Crippen LogP contribution in [-0.4, -0.2) is 94.1 Å². The van der Waals surface area contributed by atoms with Gasteiger partial charge in [-0.15, -0.1) is 0 Å². The van der Waals surface area contributed by atoms with Gasteiger partial charge in [-0.3, -0.25) is 14.7 Å². The van der Waals surface area contributed by atoms with Crippen LogP contribution in [0.1, 0.15) is 37.7 Å². The fraction of sp³-hybridized carbons (Fsp3) is 0.636. The summed E-state index contributed by atoms with van der Waals surface area (Å²) < 4.78 is 68.7. The third-order valence-corrected chi connectivity index (χ3v) is 5.82. The van der Waals surface area contributed by atoms with Crippen molar-refractivity contribution in [2.24, 2.45) is 0 Å². The number of amides is 1. The Morgan fingerprint density at radius 1 is 1.05 bits per heavy atom. The molecule has 0 aliphatic carbocycles. The van der Waals surface area contributed by atoms with Crippen molar-refractivity contribution in [3.63, 3.8) is 0 Å². The first-order chi connectivity index (χ1) is 17.1. The van der Waals surface area contributed by atoms with Gasteiger partial charge in [-0.05, 0) is 43.9 Å². The predicted octanol–water partition coefficient (Wildman–Crippen LogP) is 3.34. The number of carboxylic acid groups (broad SMARTS) is 2. The number of aromatic nitrogens is 1. The van der Waals surface area contributed by atoms with Crippen molar-refractivity contribution in [1.82, 2.24) is 14.8 Å². The molecule has 1 amide bonds. The van der Waals surface area contributed by atoms with Crippen LogP contribution < -0.4 is 0 Å². The van der Waals surface area contributed by atoms with Crippen LogP contribution in [0.4, 0.5) is 26.3 Å². The van der Waals surface area contributed by atoms with Crippen LogP contribution in [-0.2, 0) is 25.7 Å². The molecule has 2 fully saturated rings. The van der Waals surface area contributed by atoms with Crippen LogP contribution in [0.15, 0.2) is 24.5 Å². The number of ether oxygens (including phenoxy) is 1. The number of carbonyl (C=O) groups excluding carboxylic acids is 1. The van der Waals surface area contributed by atoms with E-state index in [0.29, 0.717) is 18.9 Å². The zero-order valence-electron chi connectivity index (χ0n) is 20.0. The van der Waals surface area contributed by atoms with Crippen LogP contribution in [0.5, 0.6) is 0 Å². The molecule has 1 unspecified atom stereocenters. The highest BCUT2D eigenvalue weighted by atomic mass is 19.4. The molecule has 0 radical (unpaired) electrons. The second-order valence-corrected chi connectivity index (χ2v) is 8.36. The number of carboxylic acids is 2. The number of halogens is 6. The molecule has 0 saturated carbocycles.